The summed E-state index contributed by atoms with van der Waals surface area (Å²) in [5, 5.41) is 12.2. The van der Waals surface area contributed by atoms with Gasteiger partial charge in [0.15, 0.2) is 6.19 Å². The molecule has 3 rings (SSSR count). The second kappa shape index (κ2) is 10.2. The van der Waals surface area contributed by atoms with Crippen molar-refractivity contribution in [1.82, 2.24) is 15.1 Å². The topological polar surface area (TPSA) is 59.4 Å². The van der Waals surface area contributed by atoms with Crippen LogP contribution in [0.3, 0.4) is 0 Å². The summed E-state index contributed by atoms with van der Waals surface area (Å²) in [6, 6.07) is 0.911. The summed E-state index contributed by atoms with van der Waals surface area (Å²) in [5.74, 6) is 0.414. The van der Waals surface area contributed by atoms with Crippen LogP contribution in [0.1, 0.15) is 77.0 Å². The fourth-order valence-corrected chi connectivity index (χ4v) is 5.03. The second-order valence-electron chi connectivity index (χ2n) is 8.56. The number of nitriles is 1. The lowest BCUT2D eigenvalue weighted by Crippen LogP contribution is -2.40. The molecular formula is C21H36N4O. The number of hydrogen-bond donors (Lipinski definition) is 1. The Bertz CT molecular complexity index is 481. The molecule has 3 fully saturated rings. The highest BCUT2D eigenvalue weighted by Gasteiger charge is 2.28. The monoisotopic (exact) mass is 360 g/mol. The Balaban J connectivity index is 1.46. The molecule has 2 saturated heterocycles. The maximum absolute atomic E-state index is 12.7. The van der Waals surface area contributed by atoms with E-state index in [-0.39, 0.29) is 17.9 Å². The molecular weight excluding hydrogens is 324 g/mol. The van der Waals surface area contributed by atoms with Gasteiger partial charge in [-0.1, -0.05) is 32.1 Å². The summed E-state index contributed by atoms with van der Waals surface area (Å²) in [6.45, 7) is 4.03. The van der Waals surface area contributed by atoms with E-state index in [4.69, 9.17) is 5.26 Å². The predicted molar refractivity (Wildman–Crippen MR) is 103 cm³/mol. The van der Waals surface area contributed by atoms with Crippen LogP contribution < -0.4 is 5.32 Å². The number of nitrogens with zero attached hydrogens (tertiary/aromatic N) is 3. The molecule has 2 aliphatic heterocycles. The lowest BCUT2D eigenvalue weighted by molar-refractivity contribution is -0.126. The van der Waals surface area contributed by atoms with Gasteiger partial charge >= 0.3 is 0 Å². The Morgan fingerprint density at radius 2 is 1.54 bits per heavy atom. The second-order valence-corrected chi connectivity index (χ2v) is 8.56. The van der Waals surface area contributed by atoms with Gasteiger partial charge in [0.1, 0.15) is 0 Å². The van der Waals surface area contributed by atoms with E-state index in [1.807, 2.05) is 0 Å². The van der Waals surface area contributed by atoms with Crippen molar-refractivity contribution in [3.8, 4) is 6.19 Å². The minimum absolute atomic E-state index is 0.166. The molecule has 146 valence electrons. The molecule has 0 bridgehead atoms. The van der Waals surface area contributed by atoms with E-state index in [9.17, 15) is 4.79 Å². The maximum atomic E-state index is 12.7. The quantitative estimate of drug-likeness (QED) is 0.785. The summed E-state index contributed by atoms with van der Waals surface area (Å²) in [7, 11) is 0. The molecule has 2 unspecified atom stereocenters. The molecule has 1 amide bonds. The highest BCUT2D eigenvalue weighted by molar-refractivity contribution is 5.79. The zero-order valence-electron chi connectivity index (χ0n) is 16.3. The van der Waals surface area contributed by atoms with Crippen LogP contribution in [0.4, 0.5) is 0 Å². The first kappa shape index (κ1) is 19.5. The normalized spacial score (nSPS) is 32.0. The van der Waals surface area contributed by atoms with Crippen molar-refractivity contribution in [2.45, 2.75) is 89.1 Å². The summed E-state index contributed by atoms with van der Waals surface area (Å²) in [6.07, 6.45) is 16.9. The van der Waals surface area contributed by atoms with Crippen LogP contribution in [0.5, 0.6) is 0 Å². The number of nitrogens with one attached hydrogen (secondary N) is 1. The molecule has 0 aromatic heterocycles. The minimum atomic E-state index is 0.166. The van der Waals surface area contributed by atoms with E-state index >= 15 is 0 Å². The van der Waals surface area contributed by atoms with Crippen molar-refractivity contribution in [2.24, 2.45) is 5.92 Å². The van der Waals surface area contributed by atoms with Gasteiger partial charge in [-0.25, -0.2) is 0 Å². The van der Waals surface area contributed by atoms with E-state index < -0.39 is 0 Å². The molecule has 1 saturated carbocycles. The molecule has 3 aliphatic rings. The minimum Gasteiger partial charge on any atom is -0.351 e. The van der Waals surface area contributed by atoms with E-state index in [0.29, 0.717) is 6.54 Å². The first-order chi connectivity index (χ1) is 12.8. The van der Waals surface area contributed by atoms with Crippen LogP contribution in [0.2, 0.25) is 0 Å². The third-order valence-electron chi connectivity index (χ3n) is 6.63. The summed E-state index contributed by atoms with van der Waals surface area (Å²) >= 11 is 0. The molecule has 1 N–H and O–H groups in total. The van der Waals surface area contributed by atoms with Gasteiger partial charge < -0.3 is 15.1 Å². The molecule has 5 nitrogen and oxygen atoms in total. The molecule has 3 atom stereocenters. The van der Waals surface area contributed by atoms with Crippen LogP contribution in [-0.4, -0.2) is 54.0 Å². The smallest absolute Gasteiger partial charge is 0.223 e. The Labute approximate surface area is 159 Å². The van der Waals surface area contributed by atoms with Crippen molar-refractivity contribution < 1.29 is 4.79 Å². The average molecular weight is 361 g/mol. The Hall–Kier alpha value is -1.28. The highest BCUT2D eigenvalue weighted by atomic mass is 16.1. The van der Waals surface area contributed by atoms with E-state index in [0.717, 1.165) is 31.8 Å². The lowest BCUT2D eigenvalue weighted by Gasteiger charge is -2.30. The van der Waals surface area contributed by atoms with Gasteiger partial charge in [0.25, 0.3) is 0 Å². The third-order valence-corrected chi connectivity index (χ3v) is 6.63. The van der Waals surface area contributed by atoms with Crippen molar-refractivity contribution in [2.75, 3.05) is 26.2 Å². The van der Waals surface area contributed by atoms with Crippen LogP contribution >= 0.6 is 0 Å². The first-order valence-electron chi connectivity index (χ1n) is 11.0. The maximum Gasteiger partial charge on any atom is 0.223 e. The zero-order chi connectivity index (χ0) is 18.2. The summed E-state index contributed by atoms with van der Waals surface area (Å²) < 4.78 is 0. The molecule has 0 aromatic rings. The van der Waals surface area contributed by atoms with Gasteiger partial charge in [-0.3, -0.25) is 4.79 Å². The number of rotatable bonds is 3. The van der Waals surface area contributed by atoms with Crippen molar-refractivity contribution in [3.63, 3.8) is 0 Å². The van der Waals surface area contributed by atoms with Crippen LogP contribution in [0, 0.1) is 17.4 Å². The fraction of sp³-hybridized carbons (Fsp3) is 0.905. The number of hydrogen-bond acceptors (Lipinski definition) is 4. The first-order valence-corrected chi connectivity index (χ1v) is 11.0. The summed E-state index contributed by atoms with van der Waals surface area (Å²) in [5.41, 5.74) is 0. The number of amides is 1. The van der Waals surface area contributed by atoms with E-state index in [1.165, 1.54) is 70.9 Å². The third kappa shape index (κ3) is 5.61. The number of likely N-dealkylation sites (tertiary alicyclic amines) is 2. The number of carbonyl (C=O) groups excluding carboxylic acids is 1. The zero-order valence-corrected chi connectivity index (χ0v) is 16.3. The van der Waals surface area contributed by atoms with Crippen molar-refractivity contribution in [3.05, 3.63) is 0 Å². The van der Waals surface area contributed by atoms with Gasteiger partial charge in [0, 0.05) is 31.1 Å². The standard InChI is InChI=1S/C21H36N4O/c22-17-24-15-12-19(16-24)23-21(26)18-8-3-4-10-20(11-7-9-18)25-13-5-1-2-6-14-25/h18-20H,1-16H2,(H,23,26)/t18?,19-,20?/m1/s1. The molecule has 0 radical (unpaired) electrons. The van der Waals surface area contributed by atoms with E-state index in [2.05, 4.69) is 16.4 Å². The van der Waals surface area contributed by atoms with Gasteiger partial charge in [0.2, 0.25) is 5.91 Å². The predicted octanol–water partition coefficient (Wildman–Crippen LogP) is 3.26. The van der Waals surface area contributed by atoms with Crippen LogP contribution in [-0.2, 0) is 4.79 Å². The number of carbonyl (C=O) groups is 1. The van der Waals surface area contributed by atoms with Crippen molar-refractivity contribution >= 4 is 5.91 Å². The summed E-state index contributed by atoms with van der Waals surface area (Å²) in [4.78, 5) is 17.2. The van der Waals surface area contributed by atoms with Crippen LogP contribution in [0.25, 0.3) is 0 Å². The highest BCUT2D eigenvalue weighted by Crippen LogP contribution is 2.26. The SMILES string of the molecule is N#CN1CC[C@@H](NC(=O)C2CCCCC(N3CCCCCC3)CCC2)C1. The van der Waals surface area contributed by atoms with Gasteiger partial charge in [-0.05, 0) is 58.0 Å². The Kier molecular flexibility index (Phi) is 7.61. The van der Waals surface area contributed by atoms with Crippen molar-refractivity contribution in [1.29, 1.82) is 5.26 Å². The molecule has 26 heavy (non-hydrogen) atoms. The average Bonchev–Trinajstić information content (AvgIpc) is 2.99. The van der Waals surface area contributed by atoms with Gasteiger partial charge in [0.05, 0.1) is 0 Å². The molecule has 5 heteroatoms. The van der Waals surface area contributed by atoms with Gasteiger partial charge in [-0.15, -0.1) is 0 Å². The molecule has 2 heterocycles. The molecule has 0 spiro atoms. The Morgan fingerprint density at radius 1 is 0.846 bits per heavy atom. The van der Waals surface area contributed by atoms with Crippen LogP contribution in [0.15, 0.2) is 0 Å². The van der Waals surface area contributed by atoms with Gasteiger partial charge in [-0.2, -0.15) is 5.26 Å². The Morgan fingerprint density at radius 3 is 2.27 bits per heavy atom. The largest absolute Gasteiger partial charge is 0.351 e. The molecule has 0 aromatic carbocycles. The fourth-order valence-electron chi connectivity index (χ4n) is 5.03. The molecule has 1 aliphatic carbocycles. The lowest BCUT2D eigenvalue weighted by atomic mass is 9.95. The van der Waals surface area contributed by atoms with E-state index in [1.54, 1.807) is 4.90 Å².